The maximum Gasteiger partial charge on any atom is 0.407 e. The van der Waals surface area contributed by atoms with Crippen molar-refractivity contribution in [2.24, 2.45) is 7.05 Å². The number of aryl methyl sites for hydroxylation is 1. The maximum absolute atomic E-state index is 13.1. The molecule has 1 aliphatic heterocycles. The van der Waals surface area contributed by atoms with E-state index in [1.807, 2.05) is 67.7 Å². The van der Waals surface area contributed by atoms with Crippen LogP contribution in [0.4, 0.5) is 4.79 Å². The summed E-state index contributed by atoms with van der Waals surface area (Å²) in [5.41, 5.74) is 2.91. The number of aromatic nitrogens is 1. The standard InChI is InChI=1S/C29H31N3O5S/c1-19-15-32(29(34)35)12-11-31(19)16-22-14-23-27(38-22)24(17-30(2)28(23)33)21-9-10-25(36-3)26(13-21)37-18-20-7-5-4-6-8-20/h4-10,13-14,17,19H,11-12,15-16,18H2,1-3H3,(H,34,35). The molecule has 1 aliphatic rings. The molecule has 5 rings (SSSR count). The number of benzene rings is 2. The van der Waals surface area contributed by atoms with Crippen molar-refractivity contribution >= 4 is 27.5 Å². The summed E-state index contributed by atoms with van der Waals surface area (Å²) in [6, 6.07) is 17.9. The number of rotatable bonds is 7. The molecule has 1 unspecified atom stereocenters. The zero-order chi connectivity index (χ0) is 26.8. The molecule has 9 heteroatoms. The van der Waals surface area contributed by atoms with E-state index in [2.05, 4.69) is 4.90 Å². The third-order valence-corrected chi connectivity index (χ3v) is 8.16. The van der Waals surface area contributed by atoms with Gasteiger partial charge >= 0.3 is 6.09 Å². The van der Waals surface area contributed by atoms with Gasteiger partial charge in [0.05, 0.1) is 12.5 Å². The summed E-state index contributed by atoms with van der Waals surface area (Å²) >= 11 is 1.61. The molecule has 0 bridgehead atoms. The molecule has 4 aromatic rings. The van der Waals surface area contributed by atoms with Gasteiger partial charge in [0.2, 0.25) is 0 Å². The van der Waals surface area contributed by atoms with Crippen LogP contribution < -0.4 is 15.0 Å². The van der Waals surface area contributed by atoms with E-state index >= 15 is 0 Å². The Morgan fingerprint density at radius 3 is 2.61 bits per heavy atom. The Kier molecular flexibility index (Phi) is 7.40. The van der Waals surface area contributed by atoms with Gasteiger partial charge in [-0.25, -0.2) is 4.79 Å². The third kappa shape index (κ3) is 5.25. The number of carbonyl (C=O) groups is 1. The van der Waals surface area contributed by atoms with Crippen LogP contribution in [0.1, 0.15) is 17.4 Å². The summed E-state index contributed by atoms with van der Waals surface area (Å²) in [5.74, 6) is 1.28. The van der Waals surface area contributed by atoms with Gasteiger partial charge in [0.15, 0.2) is 11.5 Å². The van der Waals surface area contributed by atoms with E-state index in [1.54, 1.807) is 30.1 Å². The van der Waals surface area contributed by atoms with Gasteiger partial charge in [-0.1, -0.05) is 36.4 Å². The molecule has 0 radical (unpaired) electrons. The van der Waals surface area contributed by atoms with E-state index in [0.29, 0.717) is 49.7 Å². The van der Waals surface area contributed by atoms with Gasteiger partial charge < -0.3 is 24.0 Å². The van der Waals surface area contributed by atoms with Gasteiger partial charge in [-0.2, -0.15) is 0 Å². The van der Waals surface area contributed by atoms with Gasteiger partial charge in [0.25, 0.3) is 5.56 Å². The lowest BCUT2D eigenvalue weighted by Crippen LogP contribution is -2.52. The molecule has 1 atom stereocenters. The second kappa shape index (κ2) is 10.9. The number of carboxylic acid groups (broad SMARTS) is 1. The summed E-state index contributed by atoms with van der Waals surface area (Å²) in [4.78, 5) is 29.2. The summed E-state index contributed by atoms with van der Waals surface area (Å²) in [6.07, 6.45) is 1.00. The number of methoxy groups -OCH3 is 1. The Morgan fingerprint density at radius 1 is 1.11 bits per heavy atom. The van der Waals surface area contributed by atoms with Crippen LogP contribution >= 0.6 is 11.3 Å². The van der Waals surface area contributed by atoms with Crippen LogP contribution in [0.3, 0.4) is 0 Å². The number of fused-ring (bicyclic) bond motifs is 1. The minimum absolute atomic E-state index is 0.0379. The predicted molar refractivity (Wildman–Crippen MR) is 149 cm³/mol. The molecule has 0 saturated carbocycles. The van der Waals surface area contributed by atoms with Crippen LogP contribution in [0.2, 0.25) is 0 Å². The highest BCUT2D eigenvalue weighted by molar-refractivity contribution is 7.19. The summed E-state index contributed by atoms with van der Waals surface area (Å²) in [5, 5.41) is 10.0. The average molecular weight is 534 g/mol. The molecule has 198 valence electrons. The maximum atomic E-state index is 13.1. The van der Waals surface area contributed by atoms with E-state index < -0.39 is 6.09 Å². The molecule has 0 spiro atoms. The number of nitrogens with zero attached hydrogens (tertiary/aromatic N) is 3. The minimum atomic E-state index is -0.877. The van der Waals surface area contributed by atoms with E-state index in [9.17, 15) is 14.7 Å². The van der Waals surface area contributed by atoms with Crippen molar-refractivity contribution in [3.63, 3.8) is 0 Å². The molecular weight excluding hydrogens is 502 g/mol. The molecule has 1 N–H and O–H groups in total. The van der Waals surface area contributed by atoms with Crippen LogP contribution in [0, 0.1) is 0 Å². The highest BCUT2D eigenvalue weighted by Crippen LogP contribution is 2.38. The largest absolute Gasteiger partial charge is 0.493 e. The van der Waals surface area contributed by atoms with E-state index in [-0.39, 0.29) is 11.6 Å². The number of amides is 1. The fourth-order valence-electron chi connectivity index (χ4n) is 4.88. The average Bonchev–Trinajstić information content (AvgIpc) is 3.35. The Balaban J connectivity index is 1.46. The van der Waals surface area contributed by atoms with Crippen molar-refractivity contribution in [2.45, 2.75) is 26.1 Å². The van der Waals surface area contributed by atoms with Crippen molar-refractivity contribution in [1.29, 1.82) is 0 Å². The molecular formula is C29H31N3O5S. The van der Waals surface area contributed by atoms with E-state index in [1.165, 1.54) is 4.90 Å². The zero-order valence-corrected chi connectivity index (χ0v) is 22.5. The Morgan fingerprint density at radius 2 is 1.89 bits per heavy atom. The lowest BCUT2D eigenvalue weighted by atomic mass is 10.1. The fraction of sp³-hybridized carbons (Fsp3) is 0.310. The quantitative estimate of drug-likeness (QED) is 0.358. The van der Waals surface area contributed by atoms with Gasteiger partial charge in [-0.15, -0.1) is 11.3 Å². The Bertz CT molecular complexity index is 1510. The Hall–Kier alpha value is -3.82. The van der Waals surface area contributed by atoms with Gasteiger partial charge in [-0.05, 0) is 36.2 Å². The molecule has 2 aromatic carbocycles. The number of pyridine rings is 1. The molecule has 1 amide bonds. The molecule has 8 nitrogen and oxygen atoms in total. The first-order valence-electron chi connectivity index (χ1n) is 12.5. The number of thiophene rings is 1. The number of hydrogen-bond acceptors (Lipinski definition) is 6. The molecule has 1 fully saturated rings. The summed E-state index contributed by atoms with van der Waals surface area (Å²) < 4.78 is 14.2. The topological polar surface area (TPSA) is 84.2 Å². The summed E-state index contributed by atoms with van der Waals surface area (Å²) in [6.45, 7) is 4.75. The van der Waals surface area contributed by atoms with Gasteiger partial charge in [-0.3, -0.25) is 9.69 Å². The first-order chi connectivity index (χ1) is 18.3. The Labute approximate surface area is 225 Å². The van der Waals surface area contributed by atoms with Crippen LogP contribution in [0.15, 0.2) is 65.6 Å². The summed E-state index contributed by atoms with van der Waals surface area (Å²) in [7, 11) is 3.39. The molecule has 1 saturated heterocycles. The molecule has 3 heterocycles. The van der Waals surface area contributed by atoms with Crippen LogP contribution in [-0.4, -0.2) is 58.4 Å². The van der Waals surface area contributed by atoms with Crippen molar-refractivity contribution in [3.8, 4) is 22.6 Å². The lowest BCUT2D eigenvalue weighted by Gasteiger charge is -2.38. The van der Waals surface area contributed by atoms with E-state index in [4.69, 9.17) is 9.47 Å². The number of ether oxygens (including phenoxy) is 2. The zero-order valence-electron chi connectivity index (χ0n) is 21.7. The predicted octanol–water partition coefficient (Wildman–Crippen LogP) is 5.04. The van der Waals surface area contributed by atoms with Crippen molar-refractivity contribution < 1.29 is 19.4 Å². The van der Waals surface area contributed by atoms with Gasteiger partial charge in [0.1, 0.15) is 6.61 Å². The van der Waals surface area contributed by atoms with Crippen LogP contribution in [0.25, 0.3) is 21.2 Å². The van der Waals surface area contributed by atoms with Crippen molar-refractivity contribution in [2.75, 3.05) is 26.7 Å². The monoisotopic (exact) mass is 533 g/mol. The second-order valence-corrected chi connectivity index (χ2v) is 10.7. The molecule has 38 heavy (non-hydrogen) atoms. The first-order valence-corrected chi connectivity index (χ1v) is 13.3. The SMILES string of the molecule is COc1ccc(-c2cn(C)c(=O)c3cc(CN4CCN(C(=O)O)CC4C)sc23)cc1OCc1ccccc1. The lowest BCUT2D eigenvalue weighted by molar-refractivity contribution is 0.0718. The third-order valence-electron chi connectivity index (χ3n) is 7.01. The van der Waals surface area contributed by atoms with Crippen molar-refractivity contribution in [1.82, 2.24) is 14.4 Å². The molecule has 2 aromatic heterocycles. The first kappa shape index (κ1) is 25.8. The number of piperazine rings is 1. The van der Waals surface area contributed by atoms with Crippen molar-refractivity contribution in [3.05, 3.63) is 81.6 Å². The minimum Gasteiger partial charge on any atom is -0.493 e. The normalized spacial score (nSPS) is 16.1. The highest BCUT2D eigenvalue weighted by atomic mass is 32.1. The second-order valence-electron chi connectivity index (χ2n) is 9.60. The number of hydrogen-bond donors (Lipinski definition) is 1. The van der Waals surface area contributed by atoms with Crippen LogP contribution in [-0.2, 0) is 20.2 Å². The van der Waals surface area contributed by atoms with Crippen LogP contribution in [0.5, 0.6) is 11.5 Å². The molecule has 0 aliphatic carbocycles. The fourth-order valence-corrected chi connectivity index (χ4v) is 6.09. The van der Waals surface area contributed by atoms with E-state index in [0.717, 1.165) is 26.3 Å². The smallest absolute Gasteiger partial charge is 0.407 e. The van der Waals surface area contributed by atoms with Gasteiger partial charge in [0, 0.05) is 60.6 Å². The highest BCUT2D eigenvalue weighted by Gasteiger charge is 2.27.